The Hall–Kier alpha value is -0.950. The predicted molar refractivity (Wildman–Crippen MR) is 75.7 cm³/mol. The van der Waals surface area contributed by atoms with Crippen molar-refractivity contribution >= 4 is 22.6 Å². The van der Waals surface area contributed by atoms with E-state index in [1.165, 1.54) is 9.13 Å². The summed E-state index contributed by atoms with van der Waals surface area (Å²) < 4.78 is 3.07. The summed E-state index contributed by atoms with van der Waals surface area (Å²) in [6.45, 7) is 0. The highest BCUT2D eigenvalue weighted by Gasteiger charge is 2.12. The summed E-state index contributed by atoms with van der Waals surface area (Å²) in [6.07, 6.45) is 2.43. The van der Waals surface area contributed by atoms with Crippen LogP contribution in [0.4, 0.5) is 0 Å². The molecule has 1 unspecified atom stereocenters. The number of hydrogen-bond donors (Lipinski definition) is 1. The molecule has 1 heterocycles. The number of hydrogen-bond acceptors (Lipinski definition) is 3. The second-order valence-electron chi connectivity index (χ2n) is 3.90. The van der Waals surface area contributed by atoms with Crippen molar-refractivity contribution in [2.75, 3.05) is 7.05 Å². The van der Waals surface area contributed by atoms with E-state index in [0.717, 1.165) is 12.2 Å². The molecule has 0 fully saturated rings. The molecule has 1 atom stereocenters. The third-order valence-corrected chi connectivity index (χ3v) is 3.53. The van der Waals surface area contributed by atoms with Crippen LogP contribution in [0.25, 0.3) is 0 Å². The highest BCUT2D eigenvalue weighted by molar-refractivity contribution is 14.1. The Morgan fingerprint density at radius 3 is 2.59 bits per heavy atom. The largest absolute Gasteiger partial charge is 0.313 e. The zero-order valence-corrected chi connectivity index (χ0v) is 12.0. The van der Waals surface area contributed by atoms with Crippen LogP contribution in [0, 0.1) is 3.57 Å². The van der Waals surface area contributed by atoms with Gasteiger partial charge in [-0.3, -0.25) is 4.68 Å². The maximum Gasteiger partial charge on any atom is 0.138 e. The molecule has 0 radical (unpaired) electrons. The Morgan fingerprint density at radius 1 is 1.35 bits per heavy atom. The molecule has 0 amide bonds. The summed E-state index contributed by atoms with van der Waals surface area (Å²) in [7, 11) is 3.89. The van der Waals surface area contributed by atoms with E-state index in [1.807, 2.05) is 18.8 Å². The fourth-order valence-electron chi connectivity index (χ4n) is 1.77. The Morgan fingerprint density at radius 2 is 2.06 bits per heavy atom. The smallest absolute Gasteiger partial charge is 0.138 e. The van der Waals surface area contributed by atoms with Crippen LogP contribution in [-0.4, -0.2) is 21.8 Å². The molecule has 2 rings (SSSR count). The van der Waals surface area contributed by atoms with E-state index >= 15 is 0 Å². The van der Waals surface area contributed by atoms with E-state index in [1.54, 1.807) is 6.33 Å². The molecule has 90 valence electrons. The molecule has 4 nitrogen and oxygen atoms in total. The monoisotopic (exact) mass is 342 g/mol. The first-order chi connectivity index (χ1) is 8.20. The van der Waals surface area contributed by atoms with Gasteiger partial charge in [0.2, 0.25) is 0 Å². The molecule has 1 N–H and O–H groups in total. The van der Waals surface area contributed by atoms with Crippen molar-refractivity contribution in [1.82, 2.24) is 20.1 Å². The van der Waals surface area contributed by atoms with Gasteiger partial charge in [-0.2, -0.15) is 5.10 Å². The predicted octanol–water partition coefficient (Wildman–Crippen LogP) is 1.92. The molecule has 1 aromatic heterocycles. The van der Waals surface area contributed by atoms with Gasteiger partial charge in [-0.15, -0.1) is 0 Å². The summed E-state index contributed by atoms with van der Waals surface area (Å²) in [5, 5.41) is 7.41. The maximum absolute atomic E-state index is 4.26. The van der Waals surface area contributed by atoms with Crippen LogP contribution in [0.1, 0.15) is 17.4 Å². The van der Waals surface area contributed by atoms with Crippen LogP contribution in [-0.2, 0) is 13.5 Å². The van der Waals surface area contributed by atoms with Crippen LogP contribution in [0.15, 0.2) is 30.6 Å². The molecule has 0 aliphatic rings. The Bertz CT molecular complexity index is 478. The summed E-state index contributed by atoms with van der Waals surface area (Å²) in [6, 6.07) is 8.82. The van der Waals surface area contributed by atoms with Crippen LogP contribution in [0.3, 0.4) is 0 Å². The zero-order valence-electron chi connectivity index (χ0n) is 9.89. The average molecular weight is 342 g/mol. The van der Waals surface area contributed by atoms with E-state index in [9.17, 15) is 0 Å². The van der Waals surface area contributed by atoms with Crippen molar-refractivity contribution in [2.24, 2.45) is 7.05 Å². The van der Waals surface area contributed by atoms with Crippen LogP contribution < -0.4 is 5.32 Å². The SMILES string of the molecule is CNC(Cc1ncnn1C)c1ccc(I)cc1. The topological polar surface area (TPSA) is 42.7 Å². The third-order valence-electron chi connectivity index (χ3n) is 2.81. The van der Waals surface area contributed by atoms with E-state index in [-0.39, 0.29) is 6.04 Å². The van der Waals surface area contributed by atoms with Crippen molar-refractivity contribution in [3.05, 3.63) is 45.6 Å². The van der Waals surface area contributed by atoms with Crippen LogP contribution >= 0.6 is 22.6 Å². The zero-order chi connectivity index (χ0) is 12.3. The minimum atomic E-state index is 0.273. The van der Waals surface area contributed by atoms with Crippen molar-refractivity contribution in [2.45, 2.75) is 12.5 Å². The van der Waals surface area contributed by atoms with Crippen molar-refractivity contribution in [1.29, 1.82) is 0 Å². The lowest BCUT2D eigenvalue weighted by atomic mass is 10.0. The van der Waals surface area contributed by atoms with Crippen molar-refractivity contribution < 1.29 is 0 Å². The number of nitrogens with one attached hydrogen (secondary N) is 1. The lowest BCUT2D eigenvalue weighted by Crippen LogP contribution is -2.20. The first-order valence-corrected chi connectivity index (χ1v) is 6.54. The van der Waals surface area contributed by atoms with Gasteiger partial charge in [0.05, 0.1) is 0 Å². The quantitative estimate of drug-likeness (QED) is 0.864. The Kier molecular flexibility index (Phi) is 4.11. The lowest BCUT2D eigenvalue weighted by molar-refractivity contribution is 0.553. The molecule has 0 bridgehead atoms. The average Bonchev–Trinajstić information content (AvgIpc) is 2.73. The Labute approximate surface area is 115 Å². The minimum absolute atomic E-state index is 0.273. The molecule has 0 saturated heterocycles. The van der Waals surface area contributed by atoms with Crippen LogP contribution in [0.5, 0.6) is 0 Å². The molecule has 17 heavy (non-hydrogen) atoms. The summed E-state index contributed by atoms with van der Waals surface area (Å²) in [4.78, 5) is 4.26. The molecule has 0 spiro atoms. The molecular weight excluding hydrogens is 327 g/mol. The fraction of sp³-hybridized carbons (Fsp3) is 0.333. The molecule has 0 saturated carbocycles. The van der Waals surface area contributed by atoms with Gasteiger partial charge in [-0.25, -0.2) is 4.98 Å². The van der Waals surface area contributed by atoms with Crippen LogP contribution in [0.2, 0.25) is 0 Å². The fourth-order valence-corrected chi connectivity index (χ4v) is 2.13. The number of nitrogens with zero attached hydrogens (tertiary/aromatic N) is 3. The second-order valence-corrected chi connectivity index (χ2v) is 5.14. The molecule has 2 aromatic rings. The first kappa shape index (κ1) is 12.5. The molecule has 0 aliphatic carbocycles. The number of halogens is 1. The van der Waals surface area contributed by atoms with E-state index in [2.05, 4.69) is 62.3 Å². The number of benzene rings is 1. The number of aryl methyl sites for hydroxylation is 1. The summed E-state index contributed by atoms with van der Waals surface area (Å²) in [5.41, 5.74) is 1.27. The lowest BCUT2D eigenvalue weighted by Gasteiger charge is -2.16. The van der Waals surface area contributed by atoms with Gasteiger partial charge in [-0.05, 0) is 47.3 Å². The highest BCUT2D eigenvalue weighted by Crippen LogP contribution is 2.18. The van der Waals surface area contributed by atoms with Gasteiger partial charge < -0.3 is 5.32 Å². The van der Waals surface area contributed by atoms with E-state index in [4.69, 9.17) is 0 Å². The molecule has 5 heteroatoms. The van der Waals surface area contributed by atoms with Crippen molar-refractivity contribution in [3.63, 3.8) is 0 Å². The highest BCUT2D eigenvalue weighted by atomic mass is 127. The minimum Gasteiger partial charge on any atom is -0.313 e. The molecular formula is C12H15IN4. The normalized spacial score (nSPS) is 12.6. The first-order valence-electron chi connectivity index (χ1n) is 5.46. The van der Waals surface area contributed by atoms with Gasteiger partial charge in [0.15, 0.2) is 0 Å². The van der Waals surface area contributed by atoms with E-state index < -0.39 is 0 Å². The third kappa shape index (κ3) is 3.04. The second kappa shape index (κ2) is 5.59. The number of likely N-dealkylation sites (N-methyl/N-ethyl adjacent to an activating group) is 1. The van der Waals surface area contributed by atoms with Crippen molar-refractivity contribution in [3.8, 4) is 0 Å². The van der Waals surface area contributed by atoms with Gasteiger partial charge in [0.25, 0.3) is 0 Å². The maximum atomic E-state index is 4.26. The van der Waals surface area contributed by atoms with Gasteiger partial charge in [-0.1, -0.05) is 12.1 Å². The number of rotatable bonds is 4. The number of aromatic nitrogens is 3. The Balaban J connectivity index is 2.17. The van der Waals surface area contributed by atoms with Gasteiger partial charge >= 0.3 is 0 Å². The summed E-state index contributed by atoms with van der Waals surface area (Å²) >= 11 is 2.31. The van der Waals surface area contributed by atoms with Gasteiger partial charge in [0, 0.05) is 23.1 Å². The van der Waals surface area contributed by atoms with E-state index in [0.29, 0.717) is 0 Å². The molecule has 0 aliphatic heterocycles. The molecule has 1 aromatic carbocycles. The summed E-state index contributed by atoms with van der Waals surface area (Å²) in [5.74, 6) is 0.989. The standard InChI is InChI=1S/C12H15IN4/c1-14-11(7-12-15-8-16-17(12)2)9-3-5-10(13)6-4-9/h3-6,8,11,14H,7H2,1-2H3. The van der Waals surface area contributed by atoms with Gasteiger partial charge in [0.1, 0.15) is 12.2 Å².